The Bertz CT molecular complexity index is 830. The van der Waals surface area contributed by atoms with Gasteiger partial charge in [-0.15, -0.1) is 0 Å². The van der Waals surface area contributed by atoms with Crippen LogP contribution in [0, 0.1) is 0 Å². The number of carboxylic acids is 1. The van der Waals surface area contributed by atoms with Gasteiger partial charge in [-0.1, -0.05) is 36.9 Å². The van der Waals surface area contributed by atoms with Gasteiger partial charge in [0, 0.05) is 51.1 Å². The molecule has 3 rings (SSSR count). The molecule has 1 fully saturated rings. The summed E-state index contributed by atoms with van der Waals surface area (Å²) in [6.45, 7) is 4.56. The molecule has 2 unspecified atom stereocenters. The SMILES string of the molecule is C=Cc1c(-c2ccc(N3CC(OC)CC3C(=O)O)cc2)cccc1N(C)C. The maximum Gasteiger partial charge on any atom is 0.326 e. The number of rotatable bonds is 6. The molecule has 2 aromatic rings. The fourth-order valence-corrected chi connectivity index (χ4v) is 3.73. The first kappa shape index (κ1) is 19.0. The molecule has 0 bridgehead atoms. The van der Waals surface area contributed by atoms with Crippen molar-refractivity contribution in [1.82, 2.24) is 0 Å². The first-order valence-electron chi connectivity index (χ1n) is 9.01. The highest BCUT2D eigenvalue weighted by Crippen LogP contribution is 2.34. The number of carbonyl (C=O) groups is 1. The van der Waals surface area contributed by atoms with E-state index in [-0.39, 0.29) is 6.10 Å². The quantitative estimate of drug-likeness (QED) is 0.844. The summed E-state index contributed by atoms with van der Waals surface area (Å²) in [5.74, 6) is -0.814. The summed E-state index contributed by atoms with van der Waals surface area (Å²) in [5.41, 5.74) is 5.27. The fourth-order valence-electron chi connectivity index (χ4n) is 3.73. The monoisotopic (exact) mass is 366 g/mol. The molecule has 27 heavy (non-hydrogen) atoms. The van der Waals surface area contributed by atoms with E-state index in [2.05, 4.69) is 23.6 Å². The van der Waals surface area contributed by atoms with Gasteiger partial charge in [0.25, 0.3) is 0 Å². The maximum atomic E-state index is 11.6. The lowest BCUT2D eigenvalue weighted by Gasteiger charge is -2.24. The van der Waals surface area contributed by atoms with Crippen LogP contribution in [-0.4, -0.2) is 51.0 Å². The minimum Gasteiger partial charge on any atom is -0.480 e. The molecule has 2 aromatic carbocycles. The summed E-state index contributed by atoms with van der Waals surface area (Å²) in [4.78, 5) is 15.6. The molecule has 5 nitrogen and oxygen atoms in total. The first-order chi connectivity index (χ1) is 13.0. The maximum absolute atomic E-state index is 11.6. The summed E-state index contributed by atoms with van der Waals surface area (Å²) in [6.07, 6.45) is 2.32. The van der Waals surface area contributed by atoms with Crippen molar-refractivity contribution >= 4 is 23.4 Å². The highest BCUT2D eigenvalue weighted by Gasteiger charge is 2.37. The average Bonchev–Trinajstić information content (AvgIpc) is 3.12. The van der Waals surface area contributed by atoms with Crippen LogP contribution in [0.15, 0.2) is 49.0 Å². The Morgan fingerprint density at radius 3 is 2.52 bits per heavy atom. The van der Waals surface area contributed by atoms with Crippen molar-refractivity contribution < 1.29 is 14.6 Å². The molecule has 0 spiro atoms. The van der Waals surface area contributed by atoms with Crippen LogP contribution in [0.2, 0.25) is 0 Å². The number of aliphatic carboxylic acids is 1. The second-order valence-electron chi connectivity index (χ2n) is 6.98. The van der Waals surface area contributed by atoms with Crippen LogP contribution < -0.4 is 9.80 Å². The highest BCUT2D eigenvalue weighted by molar-refractivity contribution is 5.84. The molecule has 1 heterocycles. The van der Waals surface area contributed by atoms with E-state index < -0.39 is 12.0 Å². The molecule has 1 N–H and O–H groups in total. The smallest absolute Gasteiger partial charge is 0.326 e. The lowest BCUT2D eigenvalue weighted by atomic mass is 9.97. The van der Waals surface area contributed by atoms with E-state index in [1.165, 1.54) is 0 Å². The van der Waals surface area contributed by atoms with Gasteiger partial charge >= 0.3 is 5.97 Å². The molecule has 0 aliphatic carbocycles. The van der Waals surface area contributed by atoms with Gasteiger partial charge in [0.1, 0.15) is 6.04 Å². The molecule has 2 atom stereocenters. The summed E-state index contributed by atoms with van der Waals surface area (Å²) in [6, 6.07) is 13.7. The van der Waals surface area contributed by atoms with Crippen molar-refractivity contribution in [3.63, 3.8) is 0 Å². The molecule has 0 radical (unpaired) electrons. The van der Waals surface area contributed by atoms with Crippen molar-refractivity contribution in [3.8, 4) is 11.1 Å². The second kappa shape index (κ2) is 7.84. The third-order valence-electron chi connectivity index (χ3n) is 5.16. The lowest BCUT2D eigenvalue weighted by molar-refractivity contribution is -0.138. The third-order valence-corrected chi connectivity index (χ3v) is 5.16. The Morgan fingerprint density at radius 1 is 1.26 bits per heavy atom. The first-order valence-corrected chi connectivity index (χ1v) is 9.01. The van der Waals surface area contributed by atoms with Crippen molar-refractivity contribution in [2.75, 3.05) is 37.5 Å². The zero-order chi connectivity index (χ0) is 19.6. The fraction of sp³-hybridized carbons (Fsp3) is 0.318. The van der Waals surface area contributed by atoms with Gasteiger partial charge in [-0.3, -0.25) is 0 Å². The Morgan fingerprint density at radius 2 is 1.96 bits per heavy atom. The normalized spacial score (nSPS) is 19.1. The number of ether oxygens (including phenoxy) is 1. The molecule has 0 aromatic heterocycles. The molecular formula is C22H26N2O3. The van der Waals surface area contributed by atoms with Crippen molar-refractivity contribution in [3.05, 3.63) is 54.6 Å². The van der Waals surface area contributed by atoms with Gasteiger partial charge < -0.3 is 19.6 Å². The molecule has 1 aliphatic rings. The van der Waals surface area contributed by atoms with Crippen molar-refractivity contribution in [1.29, 1.82) is 0 Å². The van der Waals surface area contributed by atoms with Gasteiger partial charge in [0.2, 0.25) is 0 Å². The number of hydrogen-bond acceptors (Lipinski definition) is 4. The minimum atomic E-state index is -0.814. The summed E-state index contributed by atoms with van der Waals surface area (Å²) < 4.78 is 5.38. The third kappa shape index (κ3) is 3.69. The number of hydrogen-bond donors (Lipinski definition) is 1. The Labute approximate surface area is 160 Å². The molecule has 0 saturated carbocycles. The molecule has 142 valence electrons. The predicted octanol–water partition coefficient (Wildman–Crippen LogP) is 3.74. The molecule has 1 aliphatic heterocycles. The van der Waals surface area contributed by atoms with E-state index in [1.54, 1.807) is 7.11 Å². The van der Waals surface area contributed by atoms with Crippen molar-refractivity contribution in [2.24, 2.45) is 0 Å². The van der Waals surface area contributed by atoms with Gasteiger partial charge in [-0.25, -0.2) is 4.79 Å². The van der Waals surface area contributed by atoms with Gasteiger partial charge in [-0.05, 0) is 29.3 Å². The van der Waals surface area contributed by atoms with Crippen LogP contribution in [0.4, 0.5) is 11.4 Å². The Hall–Kier alpha value is -2.79. The van der Waals surface area contributed by atoms with Crippen LogP contribution >= 0.6 is 0 Å². The van der Waals surface area contributed by atoms with E-state index in [9.17, 15) is 9.90 Å². The predicted molar refractivity (Wildman–Crippen MR) is 110 cm³/mol. The average molecular weight is 366 g/mol. The second-order valence-corrected chi connectivity index (χ2v) is 6.98. The van der Waals surface area contributed by atoms with Crippen LogP contribution in [-0.2, 0) is 9.53 Å². The lowest BCUT2D eigenvalue weighted by Crippen LogP contribution is -2.35. The summed E-state index contributed by atoms with van der Waals surface area (Å²) in [7, 11) is 5.66. The number of carboxylic acid groups (broad SMARTS) is 1. The zero-order valence-electron chi connectivity index (χ0n) is 16.1. The van der Waals surface area contributed by atoms with Gasteiger partial charge in [0.05, 0.1) is 6.10 Å². The highest BCUT2D eigenvalue weighted by atomic mass is 16.5. The van der Waals surface area contributed by atoms with Crippen LogP contribution in [0.1, 0.15) is 12.0 Å². The zero-order valence-corrected chi connectivity index (χ0v) is 16.1. The van der Waals surface area contributed by atoms with E-state index >= 15 is 0 Å². The number of nitrogens with zero attached hydrogens (tertiary/aromatic N) is 2. The number of anilines is 2. The van der Waals surface area contributed by atoms with Gasteiger partial charge in [-0.2, -0.15) is 0 Å². The van der Waals surface area contributed by atoms with Crippen LogP contribution in [0.3, 0.4) is 0 Å². The largest absolute Gasteiger partial charge is 0.480 e. The molecule has 5 heteroatoms. The number of benzene rings is 2. The summed E-state index contributed by atoms with van der Waals surface area (Å²) in [5, 5.41) is 9.53. The number of methoxy groups -OCH3 is 1. The van der Waals surface area contributed by atoms with Crippen LogP contribution in [0.25, 0.3) is 17.2 Å². The van der Waals surface area contributed by atoms with Gasteiger partial charge in [0.15, 0.2) is 0 Å². The standard InChI is InChI=1S/C22H26N2O3/c1-5-18-19(7-6-8-20(18)23(2)3)15-9-11-16(12-10-15)24-14-17(27-4)13-21(24)22(25)26/h5-12,17,21H,1,13-14H2,2-4H3,(H,25,26). The van der Waals surface area contributed by atoms with E-state index in [4.69, 9.17) is 4.74 Å². The van der Waals surface area contributed by atoms with Crippen molar-refractivity contribution in [2.45, 2.75) is 18.6 Å². The van der Waals surface area contributed by atoms with Crippen LogP contribution in [0.5, 0.6) is 0 Å². The van der Waals surface area contributed by atoms with E-state index in [0.717, 1.165) is 28.1 Å². The van der Waals surface area contributed by atoms with E-state index in [0.29, 0.717) is 13.0 Å². The molecular weight excluding hydrogens is 340 g/mol. The summed E-state index contributed by atoms with van der Waals surface area (Å²) >= 11 is 0. The molecule has 1 saturated heterocycles. The van der Waals surface area contributed by atoms with E-state index in [1.807, 2.05) is 55.4 Å². The molecule has 0 amide bonds. The minimum absolute atomic E-state index is 0.0603. The Kier molecular flexibility index (Phi) is 5.51. The topological polar surface area (TPSA) is 53.0 Å². The Balaban J connectivity index is 1.94.